The van der Waals surface area contributed by atoms with Crippen LogP contribution in [0.25, 0.3) is 0 Å². The van der Waals surface area contributed by atoms with E-state index in [9.17, 15) is 9.90 Å². The molecule has 0 radical (unpaired) electrons. The van der Waals surface area contributed by atoms with Crippen LogP contribution in [-0.4, -0.2) is 62.9 Å². The maximum absolute atomic E-state index is 10.9. The van der Waals surface area contributed by atoms with Crippen LogP contribution in [0.15, 0.2) is 0 Å². The topological polar surface area (TPSA) is 61.8 Å². The third-order valence-electron chi connectivity index (χ3n) is 1.57. The fraction of sp³-hybridized carbons (Fsp3) is 0.875. The van der Waals surface area contributed by atoms with Crippen molar-refractivity contribution in [1.29, 1.82) is 0 Å². The molecule has 1 atom stereocenters. The van der Waals surface area contributed by atoms with Crippen molar-refractivity contribution in [3.05, 3.63) is 0 Å². The highest BCUT2D eigenvalue weighted by Crippen LogP contribution is 1.89. The zero-order chi connectivity index (χ0) is 10.3. The molecule has 5 heteroatoms. The first-order valence-corrected chi connectivity index (χ1v) is 4.16. The molecule has 0 aliphatic rings. The number of hydrogen-bond acceptors (Lipinski definition) is 4. The Morgan fingerprint density at radius 2 is 2.31 bits per heavy atom. The first kappa shape index (κ1) is 12.3. The van der Waals surface area contributed by atoms with Crippen molar-refractivity contribution in [3.8, 4) is 0 Å². The highest BCUT2D eigenvalue weighted by molar-refractivity contribution is 5.77. The third kappa shape index (κ3) is 6.51. The number of likely N-dealkylation sites (N-methyl/N-ethyl adjacent to an activating group) is 2. The standard InChI is InChI=1S/C8H18N2O3/c1-9-8(12)5-10(2)4-7(11)6-13-3/h7,11H,4-6H2,1-3H3,(H,9,12). The van der Waals surface area contributed by atoms with Gasteiger partial charge in [0.15, 0.2) is 0 Å². The van der Waals surface area contributed by atoms with Gasteiger partial charge in [0.2, 0.25) is 5.91 Å². The van der Waals surface area contributed by atoms with Crippen LogP contribution in [0.2, 0.25) is 0 Å². The lowest BCUT2D eigenvalue weighted by Gasteiger charge is -2.18. The van der Waals surface area contributed by atoms with E-state index in [1.54, 1.807) is 19.0 Å². The lowest BCUT2D eigenvalue weighted by Crippen LogP contribution is -2.38. The van der Waals surface area contributed by atoms with E-state index in [-0.39, 0.29) is 19.1 Å². The van der Waals surface area contributed by atoms with Gasteiger partial charge >= 0.3 is 0 Å². The average Bonchev–Trinajstić information content (AvgIpc) is 2.04. The smallest absolute Gasteiger partial charge is 0.233 e. The summed E-state index contributed by atoms with van der Waals surface area (Å²) < 4.78 is 4.76. The molecule has 2 N–H and O–H groups in total. The number of aliphatic hydroxyl groups is 1. The van der Waals surface area contributed by atoms with Crippen LogP contribution in [0.5, 0.6) is 0 Å². The number of nitrogens with zero attached hydrogens (tertiary/aromatic N) is 1. The molecule has 0 bridgehead atoms. The lowest BCUT2D eigenvalue weighted by molar-refractivity contribution is -0.121. The van der Waals surface area contributed by atoms with Gasteiger partial charge in [-0.2, -0.15) is 0 Å². The number of carbonyl (C=O) groups excluding carboxylic acids is 1. The molecule has 0 rings (SSSR count). The normalized spacial score (nSPS) is 13.0. The molecule has 5 nitrogen and oxygen atoms in total. The molecule has 13 heavy (non-hydrogen) atoms. The Morgan fingerprint density at radius 1 is 1.69 bits per heavy atom. The second-order valence-corrected chi connectivity index (χ2v) is 2.98. The number of rotatable bonds is 6. The maximum atomic E-state index is 10.9. The molecule has 0 spiro atoms. The van der Waals surface area contributed by atoms with Gasteiger partial charge in [0.25, 0.3) is 0 Å². The zero-order valence-corrected chi connectivity index (χ0v) is 8.41. The molecule has 0 heterocycles. The summed E-state index contributed by atoms with van der Waals surface area (Å²) in [4.78, 5) is 12.6. The van der Waals surface area contributed by atoms with Gasteiger partial charge in [0.1, 0.15) is 0 Å². The Hall–Kier alpha value is -0.650. The summed E-state index contributed by atoms with van der Waals surface area (Å²) in [5, 5.41) is 11.8. The van der Waals surface area contributed by atoms with Crippen molar-refractivity contribution in [3.63, 3.8) is 0 Å². The highest BCUT2D eigenvalue weighted by atomic mass is 16.5. The van der Waals surface area contributed by atoms with Gasteiger partial charge in [-0.25, -0.2) is 0 Å². The van der Waals surface area contributed by atoms with Crippen molar-refractivity contribution in [1.82, 2.24) is 10.2 Å². The average molecular weight is 190 g/mol. The van der Waals surface area contributed by atoms with Crippen molar-refractivity contribution in [2.45, 2.75) is 6.10 Å². The lowest BCUT2D eigenvalue weighted by atomic mass is 10.3. The quantitative estimate of drug-likeness (QED) is 0.545. The number of methoxy groups -OCH3 is 1. The first-order chi connectivity index (χ1) is 6.10. The Kier molecular flexibility index (Phi) is 6.48. The Morgan fingerprint density at radius 3 is 2.77 bits per heavy atom. The third-order valence-corrected chi connectivity index (χ3v) is 1.57. The number of ether oxygens (including phenoxy) is 1. The van der Waals surface area contributed by atoms with Crippen molar-refractivity contribution in [2.75, 3.05) is 40.9 Å². The summed E-state index contributed by atoms with van der Waals surface area (Å²) >= 11 is 0. The van der Waals surface area contributed by atoms with E-state index in [2.05, 4.69) is 5.32 Å². The van der Waals surface area contributed by atoms with Gasteiger partial charge < -0.3 is 15.2 Å². The van der Waals surface area contributed by atoms with Crippen LogP contribution in [0.3, 0.4) is 0 Å². The van der Waals surface area contributed by atoms with E-state index in [1.165, 1.54) is 7.11 Å². The van der Waals surface area contributed by atoms with Crippen LogP contribution in [0.4, 0.5) is 0 Å². The van der Waals surface area contributed by atoms with E-state index in [0.717, 1.165) is 0 Å². The fourth-order valence-corrected chi connectivity index (χ4v) is 0.994. The SMILES string of the molecule is CNC(=O)CN(C)CC(O)COC. The van der Waals surface area contributed by atoms with Crippen molar-refractivity contribution < 1.29 is 14.6 Å². The summed E-state index contributed by atoms with van der Waals surface area (Å²) in [6.45, 7) is 1.01. The minimum atomic E-state index is -0.542. The summed E-state index contributed by atoms with van der Waals surface area (Å²) in [5.41, 5.74) is 0. The van der Waals surface area contributed by atoms with Crippen LogP contribution in [0, 0.1) is 0 Å². The Bertz CT molecular complexity index is 152. The van der Waals surface area contributed by atoms with Crippen LogP contribution < -0.4 is 5.32 Å². The molecule has 78 valence electrons. The van der Waals surface area contributed by atoms with Gasteiger partial charge in [-0.15, -0.1) is 0 Å². The van der Waals surface area contributed by atoms with Crippen molar-refractivity contribution in [2.24, 2.45) is 0 Å². The molecular weight excluding hydrogens is 172 g/mol. The molecule has 0 aliphatic heterocycles. The number of carbonyl (C=O) groups is 1. The van der Waals surface area contributed by atoms with Crippen LogP contribution in [0.1, 0.15) is 0 Å². The second kappa shape index (κ2) is 6.82. The zero-order valence-electron chi connectivity index (χ0n) is 8.41. The summed E-state index contributed by atoms with van der Waals surface area (Å²) in [6, 6.07) is 0. The molecular formula is C8H18N2O3. The predicted octanol–water partition coefficient (Wildman–Crippen LogP) is -1.33. The molecule has 1 amide bonds. The van der Waals surface area contributed by atoms with E-state index in [4.69, 9.17) is 4.74 Å². The number of aliphatic hydroxyl groups excluding tert-OH is 1. The molecule has 0 saturated carbocycles. The van der Waals surface area contributed by atoms with Gasteiger partial charge in [0.05, 0.1) is 19.3 Å². The minimum absolute atomic E-state index is 0.0629. The predicted molar refractivity (Wildman–Crippen MR) is 49.4 cm³/mol. The van der Waals surface area contributed by atoms with Gasteiger partial charge in [-0.3, -0.25) is 9.69 Å². The maximum Gasteiger partial charge on any atom is 0.233 e. The Balaban J connectivity index is 3.60. The minimum Gasteiger partial charge on any atom is -0.389 e. The van der Waals surface area contributed by atoms with Crippen LogP contribution in [-0.2, 0) is 9.53 Å². The first-order valence-electron chi connectivity index (χ1n) is 4.16. The molecule has 1 unspecified atom stereocenters. The van der Waals surface area contributed by atoms with Gasteiger partial charge in [0, 0.05) is 20.7 Å². The monoisotopic (exact) mass is 190 g/mol. The fourth-order valence-electron chi connectivity index (χ4n) is 0.994. The number of nitrogens with one attached hydrogen (secondary N) is 1. The summed E-state index contributed by atoms with van der Waals surface area (Å²) in [5.74, 6) is -0.0629. The number of hydrogen-bond donors (Lipinski definition) is 2. The van der Waals surface area contributed by atoms with Crippen LogP contribution >= 0.6 is 0 Å². The summed E-state index contributed by atoms with van der Waals surface area (Å²) in [7, 11) is 4.89. The van der Waals surface area contributed by atoms with Gasteiger partial charge in [-0.05, 0) is 7.05 Å². The molecule has 0 aromatic heterocycles. The largest absolute Gasteiger partial charge is 0.389 e. The number of amides is 1. The van der Waals surface area contributed by atoms with E-state index >= 15 is 0 Å². The second-order valence-electron chi connectivity index (χ2n) is 2.98. The highest BCUT2D eigenvalue weighted by Gasteiger charge is 2.09. The van der Waals surface area contributed by atoms with E-state index in [1.807, 2.05) is 0 Å². The molecule has 0 aliphatic carbocycles. The van der Waals surface area contributed by atoms with E-state index < -0.39 is 6.10 Å². The Labute approximate surface area is 78.7 Å². The van der Waals surface area contributed by atoms with Gasteiger partial charge in [-0.1, -0.05) is 0 Å². The van der Waals surface area contributed by atoms with E-state index in [0.29, 0.717) is 6.54 Å². The molecule has 0 aromatic carbocycles. The summed E-state index contributed by atoms with van der Waals surface area (Å²) in [6.07, 6.45) is -0.542. The van der Waals surface area contributed by atoms with Crippen molar-refractivity contribution >= 4 is 5.91 Å². The molecule has 0 fully saturated rings. The molecule has 0 saturated heterocycles. The molecule has 0 aromatic rings.